The summed E-state index contributed by atoms with van der Waals surface area (Å²) in [5, 5.41) is 0.349. The minimum atomic E-state index is -4.43. The van der Waals surface area contributed by atoms with Crippen LogP contribution in [-0.4, -0.2) is 17.6 Å². The van der Waals surface area contributed by atoms with Crippen molar-refractivity contribution >= 4 is 16.9 Å². The molecule has 0 saturated heterocycles. The van der Waals surface area contributed by atoms with Gasteiger partial charge in [0.05, 0.1) is 24.1 Å². The molecule has 0 N–H and O–H groups in total. The Morgan fingerprint density at radius 2 is 2.05 bits per heavy atom. The average molecular weight is 283 g/mol. The zero-order valence-corrected chi connectivity index (χ0v) is 10.7. The summed E-state index contributed by atoms with van der Waals surface area (Å²) in [6.07, 6.45) is -3.61. The number of pyridine rings is 1. The number of esters is 1. The molecule has 0 radical (unpaired) electrons. The monoisotopic (exact) mass is 283 g/mol. The topological polar surface area (TPSA) is 39.2 Å². The normalized spacial score (nSPS) is 11.6. The van der Waals surface area contributed by atoms with Crippen LogP contribution in [0.1, 0.15) is 18.1 Å². The molecule has 20 heavy (non-hydrogen) atoms. The highest BCUT2D eigenvalue weighted by Crippen LogP contribution is 2.30. The molecule has 3 nitrogen and oxygen atoms in total. The molecular formula is C14H12F3NO2. The summed E-state index contributed by atoms with van der Waals surface area (Å²) in [6, 6.07) is 5.79. The highest BCUT2D eigenvalue weighted by molar-refractivity contribution is 5.81. The van der Waals surface area contributed by atoms with Gasteiger partial charge in [-0.25, -0.2) is 0 Å². The van der Waals surface area contributed by atoms with E-state index in [0.717, 1.165) is 12.3 Å². The fraction of sp³-hybridized carbons (Fsp3) is 0.286. The molecule has 1 heterocycles. The number of rotatable bonds is 3. The van der Waals surface area contributed by atoms with Gasteiger partial charge in [0.15, 0.2) is 0 Å². The Morgan fingerprint density at radius 1 is 1.30 bits per heavy atom. The molecule has 2 aromatic rings. The molecule has 0 spiro atoms. The van der Waals surface area contributed by atoms with Crippen LogP contribution in [0.5, 0.6) is 0 Å². The van der Waals surface area contributed by atoms with E-state index in [4.69, 9.17) is 4.74 Å². The molecule has 2 rings (SSSR count). The summed E-state index contributed by atoms with van der Waals surface area (Å²) in [7, 11) is 0. The summed E-state index contributed by atoms with van der Waals surface area (Å²) in [5.41, 5.74) is 0.237. The van der Waals surface area contributed by atoms with Crippen molar-refractivity contribution in [3.8, 4) is 0 Å². The Kier molecular flexibility index (Phi) is 3.92. The molecule has 0 fully saturated rings. The van der Waals surface area contributed by atoms with Gasteiger partial charge >= 0.3 is 12.1 Å². The lowest BCUT2D eigenvalue weighted by atomic mass is 10.1. The summed E-state index contributed by atoms with van der Waals surface area (Å²) < 4.78 is 42.6. The third-order valence-corrected chi connectivity index (χ3v) is 2.73. The minimum Gasteiger partial charge on any atom is -0.466 e. The van der Waals surface area contributed by atoms with Gasteiger partial charge in [0.2, 0.25) is 0 Å². The molecule has 0 amide bonds. The van der Waals surface area contributed by atoms with E-state index >= 15 is 0 Å². The van der Waals surface area contributed by atoms with E-state index in [1.54, 1.807) is 19.1 Å². The molecule has 0 bridgehead atoms. The van der Waals surface area contributed by atoms with Crippen LogP contribution >= 0.6 is 0 Å². The molecule has 106 valence electrons. The van der Waals surface area contributed by atoms with Gasteiger partial charge in [0.1, 0.15) is 0 Å². The molecule has 6 heteroatoms. The smallest absolute Gasteiger partial charge is 0.417 e. The number of fused-ring (bicyclic) bond motifs is 1. The predicted octanol–water partition coefficient (Wildman–Crippen LogP) is 3.36. The van der Waals surface area contributed by atoms with E-state index in [1.807, 2.05) is 0 Å². The van der Waals surface area contributed by atoms with E-state index in [1.165, 1.54) is 6.07 Å². The second-order valence-electron chi connectivity index (χ2n) is 4.23. The highest BCUT2D eigenvalue weighted by Gasteiger charge is 2.31. The van der Waals surface area contributed by atoms with Crippen molar-refractivity contribution in [2.45, 2.75) is 19.5 Å². The first-order valence-electron chi connectivity index (χ1n) is 6.01. The lowest BCUT2D eigenvalue weighted by Crippen LogP contribution is -2.08. The number of hydrogen-bond donors (Lipinski definition) is 0. The van der Waals surface area contributed by atoms with Crippen LogP contribution in [-0.2, 0) is 22.1 Å². The maximum absolute atomic E-state index is 12.6. The van der Waals surface area contributed by atoms with Crippen LogP contribution in [0.2, 0.25) is 0 Å². The lowest BCUT2D eigenvalue weighted by molar-refractivity contribution is -0.142. The zero-order chi connectivity index (χ0) is 14.8. The van der Waals surface area contributed by atoms with Gasteiger partial charge in [-0.05, 0) is 30.7 Å². The van der Waals surface area contributed by atoms with Crippen LogP contribution in [0.15, 0.2) is 30.5 Å². The summed E-state index contributed by atoms with van der Waals surface area (Å²) in [4.78, 5) is 15.1. The molecule has 0 aliphatic heterocycles. The van der Waals surface area contributed by atoms with E-state index in [2.05, 4.69) is 4.98 Å². The van der Waals surface area contributed by atoms with Gasteiger partial charge in [-0.2, -0.15) is 13.2 Å². The summed E-state index contributed by atoms with van der Waals surface area (Å²) in [5.74, 6) is -0.410. The molecule has 1 aromatic heterocycles. The number of halogens is 3. The number of aromatic nitrogens is 1. The van der Waals surface area contributed by atoms with Crippen molar-refractivity contribution in [3.63, 3.8) is 0 Å². The standard InChI is InChI=1S/C14H12F3NO2/c1-2-20-13(19)6-9-3-4-12-10(5-9)7-11(8-18-12)14(15,16)17/h3-5,7-8H,2,6H2,1H3. The van der Waals surface area contributed by atoms with Crippen LogP contribution in [0.25, 0.3) is 10.9 Å². The van der Waals surface area contributed by atoms with Gasteiger partial charge in [-0.1, -0.05) is 6.07 Å². The average Bonchev–Trinajstić information content (AvgIpc) is 2.37. The largest absolute Gasteiger partial charge is 0.466 e. The quantitative estimate of drug-likeness (QED) is 0.811. The van der Waals surface area contributed by atoms with Crippen molar-refractivity contribution in [2.24, 2.45) is 0 Å². The number of nitrogens with zero attached hydrogens (tertiary/aromatic N) is 1. The van der Waals surface area contributed by atoms with Crippen LogP contribution < -0.4 is 0 Å². The lowest BCUT2D eigenvalue weighted by Gasteiger charge is -2.08. The van der Waals surface area contributed by atoms with Crippen LogP contribution in [0, 0.1) is 0 Å². The highest BCUT2D eigenvalue weighted by atomic mass is 19.4. The van der Waals surface area contributed by atoms with Crippen molar-refractivity contribution in [3.05, 3.63) is 41.6 Å². The van der Waals surface area contributed by atoms with Gasteiger partial charge in [0, 0.05) is 11.6 Å². The Morgan fingerprint density at radius 3 is 2.70 bits per heavy atom. The van der Waals surface area contributed by atoms with Crippen molar-refractivity contribution in [2.75, 3.05) is 6.61 Å². The number of carbonyl (C=O) groups is 1. The molecule has 0 saturated carbocycles. The fourth-order valence-corrected chi connectivity index (χ4v) is 1.82. The van der Waals surface area contributed by atoms with E-state index in [0.29, 0.717) is 16.5 Å². The van der Waals surface area contributed by atoms with Crippen molar-refractivity contribution in [1.82, 2.24) is 4.98 Å². The molecule has 0 unspecified atom stereocenters. The first-order chi connectivity index (χ1) is 9.40. The molecule has 0 atom stereocenters. The number of alkyl halides is 3. The Bertz CT molecular complexity index is 638. The van der Waals surface area contributed by atoms with E-state index in [-0.39, 0.29) is 13.0 Å². The Balaban J connectivity index is 2.34. The third kappa shape index (κ3) is 3.26. The summed E-state index contributed by atoms with van der Waals surface area (Å²) in [6.45, 7) is 1.96. The molecule has 0 aliphatic carbocycles. The minimum absolute atomic E-state index is 0.0278. The number of benzene rings is 1. The maximum atomic E-state index is 12.6. The Hall–Kier alpha value is -2.11. The second-order valence-corrected chi connectivity index (χ2v) is 4.23. The van der Waals surface area contributed by atoms with Gasteiger partial charge < -0.3 is 4.74 Å². The third-order valence-electron chi connectivity index (χ3n) is 2.73. The maximum Gasteiger partial charge on any atom is 0.417 e. The Labute approximate surface area is 113 Å². The second kappa shape index (κ2) is 5.48. The number of hydrogen-bond acceptors (Lipinski definition) is 3. The van der Waals surface area contributed by atoms with Crippen molar-refractivity contribution < 1.29 is 22.7 Å². The molecular weight excluding hydrogens is 271 g/mol. The first kappa shape index (κ1) is 14.3. The van der Waals surface area contributed by atoms with E-state index < -0.39 is 17.7 Å². The number of ether oxygens (including phenoxy) is 1. The zero-order valence-electron chi connectivity index (χ0n) is 10.7. The van der Waals surface area contributed by atoms with Crippen LogP contribution in [0.3, 0.4) is 0 Å². The molecule has 1 aromatic carbocycles. The van der Waals surface area contributed by atoms with Crippen molar-refractivity contribution in [1.29, 1.82) is 0 Å². The fourth-order valence-electron chi connectivity index (χ4n) is 1.82. The van der Waals surface area contributed by atoms with Gasteiger partial charge in [-0.3, -0.25) is 9.78 Å². The van der Waals surface area contributed by atoms with Gasteiger partial charge in [-0.15, -0.1) is 0 Å². The SMILES string of the molecule is CCOC(=O)Cc1ccc2ncc(C(F)(F)F)cc2c1. The summed E-state index contributed by atoms with van der Waals surface area (Å²) >= 11 is 0. The van der Waals surface area contributed by atoms with Gasteiger partial charge in [0.25, 0.3) is 0 Å². The molecule has 0 aliphatic rings. The van der Waals surface area contributed by atoms with Crippen LogP contribution in [0.4, 0.5) is 13.2 Å². The van der Waals surface area contributed by atoms with E-state index in [9.17, 15) is 18.0 Å². The predicted molar refractivity (Wildman–Crippen MR) is 67.1 cm³/mol. The first-order valence-corrected chi connectivity index (χ1v) is 6.01. The number of carbonyl (C=O) groups excluding carboxylic acids is 1.